The molecule has 0 radical (unpaired) electrons. The van der Waals surface area contributed by atoms with Crippen LogP contribution in [0.1, 0.15) is 54.6 Å². The molecule has 1 saturated heterocycles. The zero-order valence-corrected chi connectivity index (χ0v) is 25.3. The molecule has 3 heterocycles. The van der Waals surface area contributed by atoms with E-state index in [-0.39, 0.29) is 37.2 Å². The van der Waals surface area contributed by atoms with Gasteiger partial charge in [0.05, 0.1) is 34.9 Å². The van der Waals surface area contributed by atoms with Gasteiger partial charge in [-0.25, -0.2) is 28.2 Å². The summed E-state index contributed by atoms with van der Waals surface area (Å²) in [5.41, 5.74) is -0.438. The molecule has 1 amide bonds. The molecule has 4 aromatic rings. The highest BCUT2D eigenvalue weighted by Gasteiger charge is 2.42. The van der Waals surface area contributed by atoms with Crippen LogP contribution in [0, 0.1) is 23.0 Å². The van der Waals surface area contributed by atoms with Crippen LogP contribution in [0.5, 0.6) is 0 Å². The first kappa shape index (κ1) is 31.7. The number of nitriles is 1. The number of carbonyl (C=O) groups is 2. The predicted octanol–water partition coefficient (Wildman–Crippen LogP) is 4.91. The van der Waals surface area contributed by atoms with Gasteiger partial charge in [0.15, 0.2) is 12.4 Å². The summed E-state index contributed by atoms with van der Waals surface area (Å²) in [5.74, 6) is -2.67. The number of likely N-dealkylation sites (tertiary alicyclic amines) is 1. The van der Waals surface area contributed by atoms with E-state index in [9.17, 15) is 19.1 Å². The van der Waals surface area contributed by atoms with Gasteiger partial charge in [0.25, 0.3) is 0 Å². The molecular weight excluding hydrogens is 606 g/mol. The van der Waals surface area contributed by atoms with Gasteiger partial charge in [0.2, 0.25) is 0 Å². The molecule has 0 aliphatic carbocycles. The maximum Gasteiger partial charge on any atom is 0.410 e. The summed E-state index contributed by atoms with van der Waals surface area (Å²) in [6.07, 6.45) is 2.13. The van der Waals surface area contributed by atoms with Crippen LogP contribution in [-0.4, -0.2) is 61.0 Å². The molecule has 0 unspecified atom stereocenters. The second-order valence-corrected chi connectivity index (χ2v) is 11.6. The van der Waals surface area contributed by atoms with Crippen LogP contribution in [0.15, 0.2) is 54.2 Å². The highest BCUT2D eigenvalue weighted by molar-refractivity contribution is 7.10. The zero-order valence-electron chi connectivity index (χ0n) is 24.5. The van der Waals surface area contributed by atoms with Crippen molar-refractivity contribution in [2.75, 3.05) is 13.2 Å². The van der Waals surface area contributed by atoms with Crippen molar-refractivity contribution < 1.29 is 33.0 Å². The third-order valence-electron chi connectivity index (χ3n) is 7.72. The number of hydrogen-bond acceptors (Lipinski definition) is 10. The number of amides is 1. The van der Waals surface area contributed by atoms with Crippen molar-refractivity contribution >= 4 is 23.4 Å². The summed E-state index contributed by atoms with van der Waals surface area (Å²) in [7, 11) is 0. The van der Waals surface area contributed by atoms with Crippen LogP contribution in [0.4, 0.5) is 13.6 Å². The fourth-order valence-electron chi connectivity index (χ4n) is 5.22. The molecule has 1 fully saturated rings. The van der Waals surface area contributed by atoms with Gasteiger partial charge in [-0.2, -0.15) is 10.4 Å². The molecule has 1 aliphatic heterocycles. The molecule has 14 heteroatoms. The number of aromatic nitrogens is 4. The van der Waals surface area contributed by atoms with Gasteiger partial charge in [-0.3, -0.25) is 4.79 Å². The van der Waals surface area contributed by atoms with Gasteiger partial charge in [-0.15, -0.1) is 11.3 Å². The minimum absolute atomic E-state index is 0.0821. The van der Waals surface area contributed by atoms with E-state index < -0.39 is 35.2 Å². The van der Waals surface area contributed by atoms with Crippen molar-refractivity contribution in [2.45, 2.75) is 57.4 Å². The monoisotopic (exact) mass is 636 g/mol. The molecule has 11 nitrogen and oxygen atoms in total. The van der Waals surface area contributed by atoms with E-state index in [4.69, 9.17) is 14.7 Å². The Hall–Kier alpha value is -4.74. The SMILES string of the molecule is CC(=O)OC[C@@H]1CCCN1C(=O)OCc1ncn(C[C@](O)(c2cc(F)ccc2F)[C@@H](C)c2nc(-c3ccc(C#N)cc3)cs2)n1. The smallest absolute Gasteiger partial charge is 0.410 e. The molecular formula is C31H30F2N6O5S. The third kappa shape index (κ3) is 7.16. The van der Waals surface area contributed by atoms with Gasteiger partial charge in [0, 0.05) is 35.9 Å². The number of benzene rings is 2. The molecule has 0 spiro atoms. The van der Waals surface area contributed by atoms with Crippen molar-refractivity contribution in [1.29, 1.82) is 5.26 Å². The summed E-state index contributed by atoms with van der Waals surface area (Å²) in [4.78, 5) is 34.2. The molecule has 1 N–H and O–H groups in total. The average Bonchev–Trinajstić information content (AvgIpc) is 3.81. The second kappa shape index (κ2) is 13.5. The Morgan fingerprint density at radius 3 is 2.73 bits per heavy atom. The van der Waals surface area contributed by atoms with Gasteiger partial charge in [-0.05, 0) is 43.2 Å². The van der Waals surface area contributed by atoms with Gasteiger partial charge in [0.1, 0.15) is 30.2 Å². The van der Waals surface area contributed by atoms with E-state index in [0.717, 1.165) is 30.2 Å². The number of carbonyl (C=O) groups excluding carboxylic acids is 2. The lowest BCUT2D eigenvalue weighted by molar-refractivity contribution is -0.142. The van der Waals surface area contributed by atoms with E-state index >= 15 is 4.39 Å². The maximum absolute atomic E-state index is 15.2. The average molecular weight is 637 g/mol. The first-order valence-corrected chi connectivity index (χ1v) is 15.0. The number of nitrogens with zero attached hydrogens (tertiary/aromatic N) is 6. The fourth-order valence-corrected chi connectivity index (χ4v) is 6.19. The molecule has 45 heavy (non-hydrogen) atoms. The molecule has 234 valence electrons. The molecule has 1 aliphatic rings. The summed E-state index contributed by atoms with van der Waals surface area (Å²) in [6.45, 7) is 2.91. The van der Waals surface area contributed by atoms with E-state index in [1.54, 1.807) is 36.6 Å². The lowest BCUT2D eigenvalue weighted by atomic mass is 9.82. The number of aliphatic hydroxyl groups is 1. The maximum atomic E-state index is 15.2. The predicted molar refractivity (Wildman–Crippen MR) is 158 cm³/mol. The molecule has 2 aromatic heterocycles. The third-order valence-corrected chi connectivity index (χ3v) is 8.74. The van der Waals surface area contributed by atoms with E-state index in [1.165, 1.54) is 34.2 Å². The summed E-state index contributed by atoms with van der Waals surface area (Å²) in [5, 5.41) is 27.8. The standard InChI is InChI=1S/C31H30F2N6O5S/c1-19(29-36-27(16-45-29)22-7-5-21(13-34)6-8-22)31(42,25-12-23(32)9-10-26(25)33)17-38-18-35-28(37-38)15-44-30(41)39-11-3-4-24(39)14-43-20(2)40/h5-10,12,16,18-19,24,42H,3-4,11,14-15,17H2,1-2H3/t19-,24-,31+/m0/s1. The molecule has 0 saturated carbocycles. The van der Waals surface area contributed by atoms with Crippen molar-refractivity contribution in [3.8, 4) is 17.3 Å². The second-order valence-electron chi connectivity index (χ2n) is 10.7. The van der Waals surface area contributed by atoms with Crippen molar-refractivity contribution in [1.82, 2.24) is 24.6 Å². The molecule has 2 aromatic carbocycles. The zero-order chi connectivity index (χ0) is 32.1. The number of halogens is 2. The highest BCUT2D eigenvalue weighted by atomic mass is 32.1. The lowest BCUT2D eigenvalue weighted by Gasteiger charge is -2.33. The van der Waals surface area contributed by atoms with Crippen LogP contribution < -0.4 is 0 Å². The normalized spacial score (nSPS) is 16.5. The van der Waals surface area contributed by atoms with Crippen LogP contribution >= 0.6 is 11.3 Å². The van der Waals surface area contributed by atoms with Crippen LogP contribution in [-0.2, 0) is 33.0 Å². The Labute approximate surface area is 261 Å². The van der Waals surface area contributed by atoms with Crippen molar-refractivity contribution in [3.63, 3.8) is 0 Å². The van der Waals surface area contributed by atoms with Crippen molar-refractivity contribution in [2.24, 2.45) is 0 Å². The fraction of sp³-hybridized carbons (Fsp3) is 0.355. The van der Waals surface area contributed by atoms with E-state index in [1.807, 2.05) is 0 Å². The minimum atomic E-state index is -2.02. The number of thiazole rings is 1. The number of ether oxygens (including phenoxy) is 2. The Morgan fingerprint density at radius 1 is 1.22 bits per heavy atom. The summed E-state index contributed by atoms with van der Waals surface area (Å²) < 4.78 is 41.3. The minimum Gasteiger partial charge on any atom is -0.464 e. The van der Waals surface area contributed by atoms with Gasteiger partial charge in [-0.1, -0.05) is 19.1 Å². The Bertz CT molecular complexity index is 1720. The van der Waals surface area contributed by atoms with Crippen molar-refractivity contribution in [3.05, 3.63) is 87.8 Å². The number of esters is 1. The topological polar surface area (TPSA) is 143 Å². The Morgan fingerprint density at radius 2 is 2.00 bits per heavy atom. The number of rotatable bonds is 10. The quantitative estimate of drug-likeness (QED) is 0.240. The molecule has 0 bridgehead atoms. The van der Waals surface area contributed by atoms with Crippen LogP contribution in [0.2, 0.25) is 0 Å². The van der Waals surface area contributed by atoms with Crippen LogP contribution in [0.3, 0.4) is 0 Å². The van der Waals surface area contributed by atoms with E-state index in [0.29, 0.717) is 29.2 Å². The van der Waals surface area contributed by atoms with Gasteiger partial charge >= 0.3 is 12.1 Å². The largest absolute Gasteiger partial charge is 0.464 e. The van der Waals surface area contributed by atoms with Gasteiger partial charge < -0.3 is 19.5 Å². The highest BCUT2D eigenvalue weighted by Crippen LogP contribution is 2.41. The first-order valence-electron chi connectivity index (χ1n) is 14.2. The lowest BCUT2D eigenvalue weighted by Crippen LogP contribution is -2.39. The Kier molecular flexibility index (Phi) is 9.50. The summed E-state index contributed by atoms with van der Waals surface area (Å²) in [6, 6.07) is 11.5. The first-order chi connectivity index (χ1) is 21.6. The van der Waals surface area contributed by atoms with Crippen LogP contribution in [0.25, 0.3) is 11.3 Å². The Balaban J connectivity index is 1.34. The van der Waals surface area contributed by atoms with E-state index in [2.05, 4.69) is 21.1 Å². The summed E-state index contributed by atoms with van der Waals surface area (Å²) >= 11 is 1.25. The number of hydrogen-bond donors (Lipinski definition) is 1. The molecule has 3 atom stereocenters. The molecule has 5 rings (SSSR count).